The van der Waals surface area contributed by atoms with Crippen LogP contribution in [0.5, 0.6) is 0 Å². The van der Waals surface area contributed by atoms with Crippen LogP contribution in [0.15, 0.2) is 54.6 Å². The Morgan fingerprint density at radius 3 is 2.15 bits per heavy atom. The molecule has 1 unspecified atom stereocenters. The summed E-state index contributed by atoms with van der Waals surface area (Å²) in [6.07, 6.45) is 7.56. The lowest BCUT2D eigenvalue weighted by Crippen LogP contribution is -2.17. The summed E-state index contributed by atoms with van der Waals surface area (Å²) < 4.78 is 0. The number of thiol groups is 1. The van der Waals surface area contributed by atoms with Crippen molar-refractivity contribution in [3.63, 3.8) is 0 Å². The molecule has 1 aromatic rings. The van der Waals surface area contributed by atoms with Gasteiger partial charge in [-0.3, -0.25) is 9.59 Å². The molecule has 1 rings (SSSR count). The van der Waals surface area contributed by atoms with Gasteiger partial charge in [0.2, 0.25) is 0 Å². The topological polar surface area (TPSA) is 51.2 Å². The highest BCUT2D eigenvalue weighted by Crippen LogP contribution is 2.14. The van der Waals surface area contributed by atoms with Crippen LogP contribution in [0.25, 0.3) is 0 Å². The molecule has 1 aromatic carbocycles. The third kappa shape index (κ3) is 7.61. The van der Waals surface area contributed by atoms with Gasteiger partial charge in [-0.25, -0.2) is 0 Å². The molecule has 0 bridgehead atoms. The third-order valence-electron chi connectivity index (χ3n) is 4.47. The fourth-order valence-corrected chi connectivity index (χ4v) is 2.75. The summed E-state index contributed by atoms with van der Waals surface area (Å²) >= 11 is 4.15. The Kier molecular flexibility index (Phi) is 10.0. The molecule has 0 aliphatic carbocycles. The van der Waals surface area contributed by atoms with Gasteiger partial charge in [0.25, 0.3) is 0 Å². The Morgan fingerprint density at radius 1 is 1.04 bits per heavy atom. The van der Waals surface area contributed by atoms with E-state index in [1.54, 1.807) is 12.2 Å². The van der Waals surface area contributed by atoms with Gasteiger partial charge in [0, 0.05) is 23.5 Å². The van der Waals surface area contributed by atoms with E-state index in [0.29, 0.717) is 12.2 Å². The highest BCUT2D eigenvalue weighted by molar-refractivity contribution is 7.80. The fraction of sp³-hybridized carbons (Fsp3) is 0.350. The quantitative estimate of drug-likeness (QED) is 0.366. The minimum Gasteiger partial charge on any atom is -0.311 e. The summed E-state index contributed by atoms with van der Waals surface area (Å²) in [5.41, 5.74) is 1.00. The second kappa shape index (κ2) is 11.7. The first-order valence-corrected chi connectivity index (χ1v) is 9.61. The van der Waals surface area contributed by atoms with Gasteiger partial charge in [-0.05, 0) is 24.1 Å². The van der Waals surface area contributed by atoms with Crippen molar-refractivity contribution < 1.29 is 14.4 Å². The number of rotatable bonds is 11. The molecule has 0 aliphatic heterocycles. The second-order valence-corrected chi connectivity index (χ2v) is 6.89. The third-order valence-corrected chi connectivity index (χ3v) is 4.86. The lowest BCUT2D eigenvalue weighted by molar-refractivity contribution is -0.117. The van der Waals surface area contributed by atoms with Gasteiger partial charge in [-0.1, -0.05) is 55.7 Å². The van der Waals surface area contributed by atoms with Crippen LogP contribution in [0, 0.1) is 17.8 Å². The van der Waals surface area contributed by atoms with Crippen LogP contribution in [0.4, 0.5) is 0 Å². The first kappa shape index (κ1) is 22.2. The largest absolute Gasteiger partial charge is 0.311 e. The van der Waals surface area contributed by atoms with E-state index in [2.05, 4.69) is 12.6 Å². The summed E-state index contributed by atoms with van der Waals surface area (Å²) in [7, 11) is 3.45. The van der Waals surface area contributed by atoms with Gasteiger partial charge in [0.15, 0.2) is 19.4 Å². The number of carbonyl (C=O) groups excluding carboxylic acids is 3. The fourth-order valence-electron chi connectivity index (χ4n) is 2.37. The Bertz CT molecular complexity index is 671. The number of hydrogen-bond acceptors (Lipinski definition) is 4. The van der Waals surface area contributed by atoms with Crippen molar-refractivity contribution in [1.82, 2.24) is 0 Å². The molecule has 0 saturated heterocycles. The summed E-state index contributed by atoms with van der Waals surface area (Å²) in [5.74, 6) is -0.584. The van der Waals surface area contributed by atoms with Crippen molar-refractivity contribution in [2.45, 2.75) is 19.7 Å². The first-order valence-electron chi connectivity index (χ1n) is 8.98. The zero-order chi connectivity index (χ0) is 19.5. The van der Waals surface area contributed by atoms with E-state index >= 15 is 0 Å². The number of benzene rings is 1. The molecule has 26 heavy (non-hydrogen) atoms. The maximum Gasteiger partial charge on any atom is 0.187 e. The van der Waals surface area contributed by atoms with Crippen LogP contribution in [-0.4, -0.2) is 38.7 Å². The molecule has 136 valence electrons. The predicted molar refractivity (Wildman–Crippen MR) is 115 cm³/mol. The molecule has 3 nitrogen and oxygen atoms in total. The van der Waals surface area contributed by atoms with Gasteiger partial charge in [0.1, 0.15) is 7.85 Å². The SMILES string of the molecule is BC[C@H](C)C(=O)/C=C/[C@@H](Cc1ccccc1)C(=O)/C=C/C(CS)C(B)=O. The van der Waals surface area contributed by atoms with Crippen molar-refractivity contribution >= 4 is 45.6 Å². The lowest BCUT2D eigenvalue weighted by atomic mass is 9.87. The molecule has 0 aliphatic rings. The average molecular weight is 368 g/mol. The number of carbonyl (C=O) groups is 3. The summed E-state index contributed by atoms with van der Waals surface area (Å²) in [5, 5.41) is 0. The molecule has 6 heteroatoms. The van der Waals surface area contributed by atoms with Gasteiger partial charge in [0.05, 0.1) is 5.68 Å². The normalized spacial score (nSPS) is 15.0. The van der Waals surface area contributed by atoms with E-state index in [9.17, 15) is 14.4 Å². The molecule has 0 fully saturated rings. The highest BCUT2D eigenvalue weighted by atomic mass is 32.1. The van der Waals surface area contributed by atoms with Crippen molar-refractivity contribution in [2.75, 3.05) is 5.75 Å². The Hall–Kier alpha value is -1.81. The Morgan fingerprint density at radius 2 is 1.62 bits per heavy atom. The van der Waals surface area contributed by atoms with Crippen molar-refractivity contribution in [3.8, 4) is 0 Å². The van der Waals surface area contributed by atoms with Crippen LogP contribution in [0.1, 0.15) is 12.5 Å². The van der Waals surface area contributed by atoms with Crippen LogP contribution >= 0.6 is 12.6 Å². The van der Waals surface area contributed by atoms with E-state index in [1.165, 1.54) is 20.0 Å². The second-order valence-electron chi connectivity index (χ2n) is 6.53. The smallest absolute Gasteiger partial charge is 0.187 e. The van der Waals surface area contributed by atoms with Crippen LogP contribution in [0.3, 0.4) is 0 Å². The standard InChI is InChI=1S/C20H26B2O3S/c1-14(12-21)18(23)9-7-16(11-15-5-3-2-4-6-15)19(24)10-8-17(13-26)20(22)25/h2-10,14,16-17,26H,11-13,21-22H2,1H3/b9-7+,10-8+/t14-,16-,17?/m0/s1. The van der Waals surface area contributed by atoms with E-state index in [0.717, 1.165) is 11.9 Å². The average Bonchev–Trinajstić information content (AvgIpc) is 2.64. The molecule has 3 atom stereocenters. The van der Waals surface area contributed by atoms with Gasteiger partial charge < -0.3 is 4.79 Å². The van der Waals surface area contributed by atoms with E-state index in [-0.39, 0.29) is 29.1 Å². The minimum atomic E-state index is -0.436. The summed E-state index contributed by atoms with van der Waals surface area (Å²) in [6, 6.07) is 9.69. The maximum absolute atomic E-state index is 12.7. The zero-order valence-corrected chi connectivity index (χ0v) is 16.6. The van der Waals surface area contributed by atoms with Crippen LogP contribution in [-0.2, 0) is 20.8 Å². The molecule has 0 heterocycles. The van der Waals surface area contributed by atoms with Crippen LogP contribution < -0.4 is 0 Å². The van der Waals surface area contributed by atoms with Crippen molar-refractivity contribution in [1.29, 1.82) is 0 Å². The van der Waals surface area contributed by atoms with E-state index in [4.69, 9.17) is 0 Å². The van der Waals surface area contributed by atoms with Crippen molar-refractivity contribution in [3.05, 3.63) is 60.2 Å². The van der Waals surface area contributed by atoms with Gasteiger partial charge in [-0.15, -0.1) is 0 Å². The molecule has 0 saturated carbocycles. The van der Waals surface area contributed by atoms with Crippen LogP contribution in [0.2, 0.25) is 6.32 Å². The van der Waals surface area contributed by atoms with Gasteiger partial charge in [-0.2, -0.15) is 12.6 Å². The predicted octanol–water partition coefficient (Wildman–Crippen LogP) is 1.49. The maximum atomic E-state index is 12.7. The molecular formula is C20H26B2O3S. The summed E-state index contributed by atoms with van der Waals surface area (Å²) in [4.78, 5) is 36.2. The minimum absolute atomic E-state index is 0.0221. The number of hydrogen-bond donors (Lipinski definition) is 1. The lowest BCUT2D eigenvalue weighted by Gasteiger charge is -2.11. The molecule has 0 amide bonds. The summed E-state index contributed by atoms with van der Waals surface area (Å²) in [6.45, 7) is 1.88. The van der Waals surface area contributed by atoms with E-state index in [1.807, 2.05) is 45.1 Å². The molecular weight excluding hydrogens is 342 g/mol. The highest BCUT2D eigenvalue weighted by Gasteiger charge is 2.16. The van der Waals surface area contributed by atoms with Crippen molar-refractivity contribution in [2.24, 2.45) is 17.8 Å². The molecule has 0 N–H and O–H groups in total. The monoisotopic (exact) mass is 368 g/mol. The first-order chi connectivity index (χ1) is 12.4. The van der Waals surface area contributed by atoms with E-state index < -0.39 is 5.92 Å². The Balaban J connectivity index is 2.97. The number of ketones is 2. The van der Waals surface area contributed by atoms with Gasteiger partial charge >= 0.3 is 0 Å². The molecule has 0 radical (unpaired) electrons. The molecule has 0 aromatic heterocycles. The zero-order valence-electron chi connectivity index (χ0n) is 15.7. The Labute approximate surface area is 163 Å². The number of allylic oxidation sites excluding steroid dienone is 4. The molecule has 0 spiro atoms.